The van der Waals surface area contributed by atoms with Gasteiger partial charge in [0.1, 0.15) is 5.75 Å². The van der Waals surface area contributed by atoms with Gasteiger partial charge in [-0.2, -0.15) is 0 Å². The topological polar surface area (TPSA) is 29.5 Å². The first-order valence-corrected chi connectivity index (χ1v) is 7.59. The lowest BCUT2D eigenvalue weighted by atomic mass is 9.86. The van der Waals surface area contributed by atoms with Gasteiger partial charge in [-0.15, -0.1) is 0 Å². The molecule has 2 aromatic carbocycles. The van der Waals surface area contributed by atoms with Gasteiger partial charge in [-0.05, 0) is 42.2 Å². The maximum absolute atomic E-state index is 10.8. The van der Waals surface area contributed by atoms with E-state index in [0.717, 1.165) is 24.2 Å². The van der Waals surface area contributed by atoms with Crippen LogP contribution in [0.2, 0.25) is 5.02 Å². The number of halogens is 1. The molecule has 3 heteroatoms. The van der Waals surface area contributed by atoms with Crippen LogP contribution in [0.3, 0.4) is 0 Å². The molecule has 1 unspecified atom stereocenters. The second kappa shape index (κ2) is 5.70. The van der Waals surface area contributed by atoms with E-state index in [-0.39, 0.29) is 5.41 Å². The summed E-state index contributed by atoms with van der Waals surface area (Å²) in [5.41, 5.74) is 2.08. The van der Waals surface area contributed by atoms with Crippen molar-refractivity contribution in [2.24, 2.45) is 0 Å². The van der Waals surface area contributed by atoms with Crippen molar-refractivity contribution in [2.45, 2.75) is 30.8 Å². The second-order valence-electron chi connectivity index (χ2n) is 5.70. The van der Waals surface area contributed by atoms with Crippen LogP contribution in [0.25, 0.3) is 0 Å². The van der Waals surface area contributed by atoms with Crippen molar-refractivity contribution in [3.8, 4) is 5.75 Å². The minimum atomic E-state index is -0.424. The molecule has 0 spiro atoms. The average molecular weight is 303 g/mol. The molecule has 1 N–H and O–H groups in total. The third-order valence-electron chi connectivity index (χ3n) is 4.43. The summed E-state index contributed by atoms with van der Waals surface area (Å²) >= 11 is 6.07. The zero-order valence-electron chi connectivity index (χ0n) is 12.1. The van der Waals surface area contributed by atoms with Gasteiger partial charge in [-0.25, -0.2) is 0 Å². The van der Waals surface area contributed by atoms with Crippen molar-refractivity contribution >= 4 is 11.6 Å². The molecule has 0 aromatic heterocycles. The molecule has 1 atom stereocenters. The Labute approximate surface area is 130 Å². The molecule has 1 aliphatic carbocycles. The van der Waals surface area contributed by atoms with Gasteiger partial charge in [-0.1, -0.05) is 41.9 Å². The Morgan fingerprint density at radius 1 is 1.19 bits per heavy atom. The van der Waals surface area contributed by atoms with E-state index < -0.39 is 6.10 Å². The van der Waals surface area contributed by atoms with E-state index in [2.05, 4.69) is 12.1 Å². The molecule has 3 rings (SSSR count). The Hall–Kier alpha value is -1.51. The first-order chi connectivity index (χ1) is 10.2. The highest BCUT2D eigenvalue weighted by molar-refractivity contribution is 6.30. The number of methoxy groups -OCH3 is 1. The molecular formula is C18H19ClO2. The number of hydrogen-bond acceptors (Lipinski definition) is 2. The molecule has 0 radical (unpaired) electrons. The predicted molar refractivity (Wildman–Crippen MR) is 85.1 cm³/mol. The molecule has 2 nitrogen and oxygen atoms in total. The molecule has 0 aliphatic heterocycles. The maximum Gasteiger partial charge on any atom is 0.122 e. The third kappa shape index (κ3) is 2.78. The normalized spacial score (nSPS) is 17.3. The van der Waals surface area contributed by atoms with Crippen LogP contribution < -0.4 is 4.74 Å². The fourth-order valence-corrected chi connectivity index (χ4v) is 3.22. The van der Waals surface area contributed by atoms with Gasteiger partial charge < -0.3 is 9.84 Å². The molecule has 2 aromatic rings. The standard InChI is InChI=1S/C18H19ClO2/c1-21-16-8-7-15(19)11-13(16)12-17(20)18(9-10-18)14-5-3-2-4-6-14/h2-8,11,17,20H,9-10,12H2,1H3. The first kappa shape index (κ1) is 14.4. The largest absolute Gasteiger partial charge is 0.496 e. The lowest BCUT2D eigenvalue weighted by Gasteiger charge is -2.23. The summed E-state index contributed by atoms with van der Waals surface area (Å²) in [5.74, 6) is 0.780. The fourth-order valence-electron chi connectivity index (χ4n) is 3.03. The number of aliphatic hydroxyl groups excluding tert-OH is 1. The van der Waals surface area contributed by atoms with Gasteiger partial charge in [0, 0.05) is 16.9 Å². The average Bonchev–Trinajstić information content (AvgIpc) is 3.30. The van der Waals surface area contributed by atoms with E-state index in [9.17, 15) is 5.11 Å². The Kier molecular flexibility index (Phi) is 3.92. The van der Waals surface area contributed by atoms with E-state index in [0.29, 0.717) is 11.4 Å². The molecule has 0 heterocycles. The van der Waals surface area contributed by atoms with Crippen molar-refractivity contribution in [1.82, 2.24) is 0 Å². The minimum Gasteiger partial charge on any atom is -0.496 e. The predicted octanol–water partition coefficient (Wildman–Crippen LogP) is 3.98. The van der Waals surface area contributed by atoms with Crippen LogP contribution >= 0.6 is 11.6 Å². The third-order valence-corrected chi connectivity index (χ3v) is 4.67. The van der Waals surface area contributed by atoms with Gasteiger partial charge in [0.05, 0.1) is 13.2 Å². The molecule has 21 heavy (non-hydrogen) atoms. The molecule has 1 aliphatic rings. The zero-order valence-corrected chi connectivity index (χ0v) is 12.8. The summed E-state index contributed by atoms with van der Waals surface area (Å²) in [6, 6.07) is 15.8. The first-order valence-electron chi connectivity index (χ1n) is 7.22. The highest BCUT2D eigenvalue weighted by Gasteiger charge is 2.50. The van der Waals surface area contributed by atoms with E-state index >= 15 is 0 Å². The number of benzene rings is 2. The monoisotopic (exact) mass is 302 g/mol. The molecule has 0 saturated heterocycles. The van der Waals surface area contributed by atoms with Crippen LogP contribution in [0.15, 0.2) is 48.5 Å². The van der Waals surface area contributed by atoms with E-state index in [1.807, 2.05) is 30.3 Å². The van der Waals surface area contributed by atoms with E-state index in [1.54, 1.807) is 13.2 Å². The number of hydrogen-bond donors (Lipinski definition) is 1. The van der Waals surface area contributed by atoms with Gasteiger partial charge in [0.25, 0.3) is 0 Å². The quantitative estimate of drug-likeness (QED) is 0.905. The van der Waals surface area contributed by atoms with Crippen LogP contribution in [-0.2, 0) is 11.8 Å². The van der Waals surface area contributed by atoms with Crippen molar-refractivity contribution in [3.05, 3.63) is 64.7 Å². The van der Waals surface area contributed by atoms with Crippen LogP contribution in [0.5, 0.6) is 5.75 Å². The van der Waals surface area contributed by atoms with Gasteiger partial charge in [-0.3, -0.25) is 0 Å². The fraction of sp³-hybridized carbons (Fsp3) is 0.333. The summed E-state index contributed by atoms with van der Waals surface area (Å²) in [6.45, 7) is 0. The highest BCUT2D eigenvalue weighted by atomic mass is 35.5. The molecule has 1 fully saturated rings. The molecule has 0 amide bonds. The molecule has 110 valence electrons. The highest BCUT2D eigenvalue weighted by Crippen LogP contribution is 2.52. The van der Waals surface area contributed by atoms with Crippen LogP contribution in [-0.4, -0.2) is 18.3 Å². The Morgan fingerprint density at radius 2 is 1.90 bits per heavy atom. The van der Waals surface area contributed by atoms with E-state index in [4.69, 9.17) is 16.3 Å². The van der Waals surface area contributed by atoms with Gasteiger partial charge in [0.2, 0.25) is 0 Å². The number of rotatable bonds is 5. The smallest absolute Gasteiger partial charge is 0.122 e. The lowest BCUT2D eigenvalue weighted by molar-refractivity contribution is 0.131. The number of aliphatic hydroxyl groups is 1. The lowest BCUT2D eigenvalue weighted by Crippen LogP contribution is -2.28. The molecule has 0 bridgehead atoms. The summed E-state index contributed by atoms with van der Waals surface area (Å²) in [4.78, 5) is 0. The Morgan fingerprint density at radius 3 is 2.52 bits per heavy atom. The summed E-state index contributed by atoms with van der Waals surface area (Å²) in [7, 11) is 1.64. The van der Waals surface area contributed by atoms with Crippen molar-refractivity contribution in [2.75, 3.05) is 7.11 Å². The number of ether oxygens (including phenoxy) is 1. The maximum atomic E-state index is 10.8. The van der Waals surface area contributed by atoms with Crippen LogP contribution in [0.1, 0.15) is 24.0 Å². The summed E-state index contributed by atoms with van der Waals surface area (Å²) in [5, 5.41) is 11.4. The Bertz CT molecular complexity index is 620. The SMILES string of the molecule is COc1ccc(Cl)cc1CC(O)C1(c2ccccc2)CC1. The molecular weight excluding hydrogens is 284 g/mol. The van der Waals surface area contributed by atoms with Crippen molar-refractivity contribution in [1.29, 1.82) is 0 Å². The van der Waals surface area contributed by atoms with Crippen LogP contribution in [0.4, 0.5) is 0 Å². The van der Waals surface area contributed by atoms with Crippen molar-refractivity contribution < 1.29 is 9.84 Å². The van der Waals surface area contributed by atoms with Gasteiger partial charge >= 0.3 is 0 Å². The minimum absolute atomic E-state index is 0.103. The van der Waals surface area contributed by atoms with Crippen LogP contribution in [0, 0.1) is 0 Å². The van der Waals surface area contributed by atoms with Gasteiger partial charge in [0.15, 0.2) is 0 Å². The Balaban J connectivity index is 1.84. The zero-order chi connectivity index (χ0) is 14.9. The second-order valence-corrected chi connectivity index (χ2v) is 6.13. The van der Waals surface area contributed by atoms with Crippen molar-refractivity contribution in [3.63, 3.8) is 0 Å². The summed E-state index contributed by atoms with van der Waals surface area (Å²) in [6.07, 6.45) is 2.19. The molecule has 1 saturated carbocycles. The summed E-state index contributed by atoms with van der Waals surface area (Å²) < 4.78 is 5.37. The van der Waals surface area contributed by atoms with E-state index in [1.165, 1.54) is 5.56 Å².